The Hall–Kier alpha value is -1.25. The van der Waals surface area contributed by atoms with Gasteiger partial charge in [-0.15, -0.1) is 0 Å². The van der Waals surface area contributed by atoms with Gasteiger partial charge in [0.05, 0.1) is 0 Å². The molecule has 0 aromatic carbocycles. The Morgan fingerprint density at radius 1 is 1.15 bits per heavy atom. The molecule has 1 aromatic heterocycles. The van der Waals surface area contributed by atoms with E-state index in [0.717, 1.165) is 4.90 Å². The van der Waals surface area contributed by atoms with Gasteiger partial charge < -0.3 is 4.90 Å². The third-order valence-corrected chi connectivity index (χ3v) is 2.78. The van der Waals surface area contributed by atoms with Crippen molar-refractivity contribution in [1.29, 1.82) is 0 Å². The minimum Gasteiger partial charge on any atom is -0.344 e. The minimum atomic E-state index is -4.80. The molecule has 0 bridgehead atoms. The summed E-state index contributed by atoms with van der Waals surface area (Å²) in [7, 11) is 0. The summed E-state index contributed by atoms with van der Waals surface area (Å²) in [5, 5.41) is -0.734. The van der Waals surface area contributed by atoms with Gasteiger partial charge in [0, 0.05) is 12.1 Å². The molecule has 0 atom stereocenters. The molecule has 1 saturated carbocycles. The summed E-state index contributed by atoms with van der Waals surface area (Å²) in [4.78, 5) is 7.24. The molecule has 112 valence electrons. The average molecular weight is 320 g/mol. The number of nitrogens with zero attached hydrogens (tertiary/aromatic N) is 3. The van der Waals surface area contributed by atoms with Crippen LogP contribution in [0, 0.1) is 0 Å². The van der Waals surface area contributed by atoms with Crippen molar-refractivity contribution in [2.75, 3.05) is 11.4 Å². The van der Waals surface area contributed by atoms with Gasteiger partial charge in [-0.1, -0.05) is 0 Å². The summed E-state index contributed by atoms with van der Waals surface area (Å²) in [5.74, 6) is -0.461. The van der Waals surface area contributed by atoms with Crippen molar-refractivity contribution in [2.24, 2.45) is 0 Å². The molecule has 2 rings (SSSR count). The Morgan fingerprint density at radius 3 is 2.20 bits per heavy atom. The van der Waals surface area contributed by atoms with Crippen molar-refractivity contribution in [3.63, 3.8) is 0 Å². The Balaban J connectivity index is 2.36. The second kappa shape index (κ2) is 4.94. The lowest BCUT2D eigenvalue weighted by Gasteiger charge is -2.25. The number of rotatable bonds is 3. The second-order valence-electron chi connectivity index (χ2n) is 4.35. The largest absolute Gasteiger partial charge is 0.433 e. The van der Waals surface area contributed by atoms with Crippen molar-refractivity contribution in [3.8, 4) is 0 Å². The van der Waals surface area contributed by atoms with E-state index in [1.54, 1.807) is 0 Å². The van der Waals surface area contributed by atoms with Crippen LogP contribution in [0.1, 0.15) is 18.5 Å². The van der Waals surface area contributed by atoms with Gasteiger partial charge in [0.2, 0.25) is 5.28 Å². The molecule has 0 amide bonds. The van der Waals surface area contributed by atoms with Crippen LogP contribution in [0.5, 0.6) is 0 Å². The zero-order valence-corrected chi connectivity index (χ0v) is 10.5. The van der Waals surface area contributed by atoms with E-state index in [-0.39, 0.29) is 0 Å². The first kappa shape index (κ1) is 15.1. The quantitative estimate of drug-likeness (QED) is 0.628. The van der Waals surface area contributed by atoms with Crippen molar-refractivity contribution < 1.29 is 26.3 Å². The van der Waals surface area contributed by atoms with E-state index in [4.69, 9.17) is 11.6 Å². The summed E-state index contributed by atoms with van der Waals surface area (Å²) >= 11 is 5.37. The monoisotopic (exact) mass is 319 g/mol. The first-order valence-electron chi connectivity index (χ1n) is 5.51. The SMILES string of the molecule is FC(F)(F)CN(c1cc(C(F)(F)F)nc(Cl)n1)C1CC1. The van der Waals surface area contributed by atoms with Crippen LogP contribution in [0.15, 0.2) is 6.07 Å². The number of alkyl halides is 6. The lowest BCUT2D eigenvalue weighted by Crippen LogP contribution is -2.36. The molecular formula is C10H8ClF6N3. The third-order valence-electron chi connectivity index (χ3n) is 2.61. The fourth-order valence-electron chi connectivity index (χ4n) is 1.67. The lowest BCUT2D eigenvalue weighted by atomic mass is 10.3. The third kappa shape index (κ3) is 3.87. The summed E-state index contributed by atoms with van der Waals surface area (Å²) in [6.07, 6.45) is -8.40. The average Bonchev–Trinajstić information content (AvgIpc) is 3.06. The molecule has 1 aliphatic rings. The maximum atomic E-state index is 12.6. The highest BCUT2D eigenvalue weighted by Crippen LogP contribution is 2.36. The van der Waals surface area contributed by atoms with E-state index in [9.17, 15) is 26.3 Å². The van der Waals surface area contributed by atoms with Crippen LogP contribution in [0.4, 0.5) is 32.2 Å². The zero-order valence-electron chi connectivity index (χ0n) is 9.76. The highest BCUT2D eigenvalue weighted by atomic mass is 35.5. The molecule has 0 radical (unpaired) electrons. The predicted octanol–water partition coefficient (Wildman–Crippen LogP) is 3.68. The van der Waals surface area contributed by atoms with E-state index in [1.165, 1.54) is 0 Å². The van der Waals surface area contributed by atoms with Crippen molar-refractivity contribution in [1.82, 2.24) is 9.97 Å². The summed E-state index contributed by atoms with van der Waals surface area (Å²) < 4.78 is 75.2. The van der Waals surface area contributed by atoms with Gasteiger partial charge >= 0.3 is 12.4 Å². The topological polar surface area (TPSA) is 29.0 Å². The van der Waals surface area contributed by atoms with Crippen LogP contribution in [0.25, 0.3) is 0 Å². The Morgan fingerprint density at radius 2 is 1.75 bits per heavy atom. The molecule has 20 heavy (non-hydrogen) atoms. The molecule has 3 nitrogen and oxygen atoms in total. The maximum Gasteiger partial charge on any atom is 0.433 e. The van der Waals surface area contributed by atoms with Crippen LogP contribution in [0.2, 0.25) is 5.28 Å². The molecule has 0 unspecified atom stereocenters. The molecule has 0 saturated heterocycles. The number of aromatic nitrogens is 2. The number of hydrogen-bond donors (Lipinski definition) is 0. The van der Waals surface area contributed by atoms with Gasteiger partial charge in [0.25, 0.3) is 0 Å². The smallest absolute Gasteiger partial charge is 0.344 e. The maximum absolute atomic E-state index is 12.6. The molecule has 0 N–H and O–H groups in total. The van der Waals surface area contributed by atoms with Gasteiger partial charge in [0.1, 0.15) is 12.4 Å². The van der Waals surface area contributed by atoms with E-state index in [2.05, 4.69) is 9.97 Å². The summed E-state index contributed by atoms with van der Waals surface area (Å²) in [5.41, 5.74) is -1.36. The number of hydrogen-bond acceptors (Lipinski definition) is 3. The van der Waals surface area contributed by atoms with Crippen molar-refractivity contribution in [2.45, 2.75) is 31.2 Å². The lowest BCUT2D eigenvalue weighted by molar-refractivity contribution is -0.141. The highest BCUT2D eigenvalue weighted by molar-refractivity contribution is 6.28. The van der Waals surface area contributed by atoms with Crippen molar-refractivity contribution >= 4 is 17.4 Å². The number of halogens is 7. The van der Waals surface area contributed by atoms with Gasteiger partial charge in [-0.05, 0) is 24.4 Å². The molecule has 1 aromatic rings. The summed E-state index contributed by atoms with van der Waals surface area (Å²) in [6, 6.07) is 0.0133. The first-order valence-corrected chi connectivity index (χ1v) is 5.89. The van der Waals surface area contributed by atoms with Gasteiger partial charge in [0.15, 0.2) is 5.69 Å². The Kier molecular flexibility index (Phi) is 3.74. The summed E-state index contributed by atoms with van der Waals surface area (Å²) in [6.45, 7) is -1.37. The molecular weight excluding hydrogens is 312 g/mol. The molecule has 1 fully saturated rings. The van der Waals surface area contributed by atoms with E-state index in [1.807, 2.05) is 0 Å². The Labute approximate surface area is 114 Å². The molecule has 0 spiro atoms. The normalized spacial score (nSPS) is 16.4. The van der Waals surface area contributed by atoms with Gasteiger partial charge in [-0.2, -0.15) is 26.3 Å². The molecule has 1 aliphatic carbocycles. The second-order valence-corrected chi connectivity index (χ2v) is 4.69. The predicted molar refractivity (Wildman–Crippen MR) is 58.5 cm³/mol. The number of anilines is 1. The van der Waals surface area contributed by atoms with Crippen LogP contribution in [0.3, 0.4) is 0 Å². The standard InChI is InChI=1S/C10H8ClF6N3/c11-8-18-6(10(15,16)17)3-7(19-8)20(5-1-2-5)4-9(12,13)14/h3,5H,1-2,4H2. The van der Waals surface area contributed by atoms with Gasteiger partial charge in [-0.25, -0.2) is 9.97 Å². The fraction of sp³-hybridized carbons (Fsp3) is 0.600. The van der Waals surface area contributed by atoms with Crippen LogP contribution in [-0.2, 0) is 6.18 Å². The van der Waals surface area contributed by atoms with Crippen LogP contribution in [-0.4, -0.2) is 28.7 Å². The first-order chi connectivity index (χ1) is 9.06. The minimum absolute atomic E-state index is 0.461. The van der Waals surface area contributed by atoms with E-state index < -0.39 is 41.7 Å². The van der Waals surface area contributed by atoms with Gasteiger partial charge in [-0.3, -0.25) is 0 Å². The fourth-order valence-corrected chi connectivity index (χ4v) is 1.85. The molecule has 10 heteroatoms. The van der Waals surface area contributed by atoms with E-state index >= 15 is 0 Å². The molecule has 1 heterocycles. The van der Waals surface area contributed by atoms with Crippen molar-refractivity contribution in [3.05, 3.63) is 17.0 Å². The zero-order chi connectivity index (χ0) is 15.1. The molecule has 0 aliphatic heterocycles. The Bertz CT molecular complexity index is 497. The van der Waals surface area contributed by atoms with Crippen LogP contribution >= 0.6 is 11.6 Å². The van der Waals surface area contributed by atoms with E-state index in [0.29, 0.717) is 18.9 Å². The van der Waals surface area contributed by atoms with Crippen LogP contribution < -0.4 is 4.90 Å². The highest BCUT2D eigenvalue weighted by Gasteiger charge is 2.40.